The number of nitrogens with one attached hydrogen (secondary N) is 1. The van der Waals surface area contributed by atoms with Crippen LogP contribution < -0.4 is 10.1 Å². The van der Waals surface area contributed by atoms with Crippen molar-refractivity contribution in [2.24, 2.45) is 0 Å². The van der Waals surface area contributed by atoms with Crippen molar-refractivity contribution in [1.29, 1.82) is 0 Å². The lowest BCUT2D eigenvalue weighted by molar-refractivity contribution is -0.118. The molecule has 0 heterocycles. The van der Waals surface area contributed by atoms with Crippen molar-refractivity contribution in [3.63, 3.8) is 0 Å². The van der Waals surface area contributed by atoms with Gasteiger partial charge in [0, 0.05) is 18.8 Å². The molecule has 2 aromatic carbocycles. The Morgan fingerprint density at radius 3 is 2.26 bits per heavy atom. The topological polar surface area (TPSA) is 75.7 Å². The number of sulfonamides is 1. The van der Waals surface area contributed by atoms with Crippen molar-refractivity contribution >= 4 is 21.6 Å². The highest BCUT2D eigenvalue weighted by atomic mass is 32.2. The van der Waals surface area contributed by atoms with Gasteiger partial charge in [0.25, 0.3) is 5.91 Å². The predicted octanol–water partition coefficient (Wildman–Crippen LogP) is 3.35. The Morgan fingerprint density at radius 1 is 1.04 bits per heavy atom. The van der Waals surface area contributed by atoms with E-state index in [0.29, 0.717) is 18.8 Å². The fraction of sp³-hybridized carbons (Fsp3) is 0.350. The van der Waals surface area contributed by atoms with E-state index in [2.05, 4.69) is 5.32 Å². The average molecular weight is 391 g/mol. The number of aryl methyl sites for hydroxylation is 2. The Kier molecular flexibility index (Phi) is 6.98. The second-order valence-corrected chi connectivity index (χ2v) is 8.15. The minimum Gasteiger partial charge on any atom is -0.484 e. The highest BCUT2D eigenvalue weighted by Crippen LogP contribution is 2.20. The molecule has 1 N–H and O–H groups in total. The minimum atomic E-state index is -3.50. The van der Waals surface area contributed by atoms with Crippen molar-refractivity contribution in [3.8, 4) is 5.75 Å². The van der Waals surface area contributed by atoms with Crippen LogP contribution in [0.25, 0.3) is 0 Å². The van der Waals surface area contributed by atoms with Crippen molar-refractivity contribution < 1.29 is 17.9 Å². The summed E-state index contributed by atoms with van der Waals surface area (Å²) >= 11 is 0. The average Bonchev–Trinajstić information content (AvgIpc) is 2.64. The van der Waals surface area contributed by atoms with Gasteiger partial charge in [0.1, 0.15) is 5.75 Å². The summed E-state index contributed by atoms with van der Waals surface area (Å²) < 4.78 is 31.8. The van der Waals surface area contributed by atoms with Crippen LogP contribution in [0.5, 0.6) is 5.75 Å². The minimum absolute atomic E-state index is 0.157. The molecule has 1 amide bonds. The zero-order valence-electron chi connectivity index (χ0n) is 16.2. The number of anilines is 1. The third-order valence-corrected chi connectivity index (χ3v) is 6.27. The van der Waals surface area contributed by atoms with E-state index in [-0.39, 0.29) is 17.4 Å². The van der Waals surface area contributed by atoms with Gasteiger partial charge in [0.15, 0.2) is 6.61 Å². The second kappa shape index (κ2) is 9.01. The number of hydrogen-bond donors (Lipinski definition) is 1. The summed E-state index contributed by atoms with van der Waals surface area (Å²) in [4.78, 5) is 12.3. The third kappa shape index (κ3) is 5.30. The molecule has 0 atom stereocenters. The van der Waals surface area contributed by atoms with Gasteiger partial charge in [-0.2, -0.15) is 4.31 Å². The first-order chi connectivity index (χ1) is 12.8. The van der Waals surface area contributed by atoms with Crippen LogP contribution >= 0.6 is 0 Å². The van der Waals surface area contributed by atoms with Crippen LogP contribution in [0.3, 0.4) is 0 Å². The highest BCUT2D eigenvalue weighted by molar-refractivity contribution is 7.89. The lowest BCUT2D eigenvalue weighted by Crippen LogP contribution is -2.30. The zero-order chi connectivity index (χ0) is 20.0. The van der Waals surface area contributed by atoms with Gasteiger partial charge in [0.05, 0.1) is 4.90 Å². The van der Waals surface area contributed by atoms with Crippen LogP contribution in [-0.2, 0) is 14.8 Å². The molecule has 0 aromatic heterocycles. The van der Waals surface area contributed by atoms with E-state index in [1.54, 1.807) is 26.0 Å². The van der Waals surface area contributed by atoms with E-state index in [0.717, 1.165) is 16.8 Å². The van der Waals surface area contributed by atoms with E-state index < -0.39 is 10.0 Å². The smallest absolute Gasteiger partial charge is 0.262 e. The normalized spacial score (nSPS) is 11.4. The lowest BCUT2D eigenvalue weighted by atomic mass is 10.1. The molecule has 0 aliphatic carbocycles. The fourth-order valence-electron chi connectivity index (χ4n) is 2.63. The monoisotopic (exact) mass is 390 g/mol. The molecule has 0 fully saturated rings. The van der Waals surface area contributed by atoms with E-state index in [1.807, 2.05) is 32.0 Å². The van der Waals surface area contributed by atoms with Gasteiger partial charge in [0.2, 0.25) is 10.0 Å². The first kappa shape index (κ1) is 20.9. The van der Waals surface area contributed by atoms with Crippen LogP contribution in [0.2, 0.25) is 0 Å². The number of benzene rings is 2. The predicted molar refractivity (Wildman–Crippen MR) is 107 cm³/mol. The Hall–Kier alpha value is -2.38. The van der Waals surface area contributed by atoms with Gasteiger partial charge in [-0.15, -0.1) is 0 Å². The van der Waals surface area contributed by atoms with Crippen LogP contribution in [0.15, 0.2) is 47.4 Å². The molecule has 27 heavy (non-hydrogen) atoms. The molecule has 0 spiro atoms. The fourth-order valence-corrected chi connectivity index (χ4v) is 4.08. The number of hydrogen-bond acceptors (Lipinski definition) is 4. The van der Waals surface area contributed by atoms with Crippen molar-refractivity contribution in [1.82, 2.24) is 4.31 Å². The van der Waals surface area contributed by atoms with Crippen molar-refractivity contribution in [2.75, 3.05) is 25.0 Å². The van der Waals surface area contributed by atoms with Crippen LogP contribution in [0.4, 0.5) is 5.69 Å². The van der Waals surface area contributed by atoms with Crippen LogP contribution in [0, 0.1) is 13.8 Å². The number of rotatable bonds is 8. The third-order valence-electron chi connectivity index (χ3n) is 4.20. The maximum Gasteiger partial charge on any atom is 0.262 e. The van der Waals surface area contributed by atoms with Gasteiger partial charge in [-0.1, -0.05) is 26.0 Å². The molecule has 7 heteroatoms. The Labute approximate surface area is 161 Å². The van der Waals surface area contributed by atoms with Crippen molar-refractivity contribution in [2.45, 2.75) is 32.6 Å². The Bertz CT molecular complexity index is 889. The Morgan fingerprint density at radius 2 is 1.67 bits per heavy atom. The molecule has 0 aliphatic rings. The lowest BCUT2D eigenvalue weighted by Gasteiger charge is -2.18. The quantitative estimate of drug-likeness (QED) is 0.750. The van der Waals surface area contributed by atoms with Crippen LogP contribution in [0.1, 0.15) is 25.0 Å². The van der Waals surface area contributed by atoms with E-state index in [4.69, 9.17) is 4.74 Å². The summed E-state index contributed by atoms with van der Waals surface area (Å²) in [5.74, 6) is 0.160. The molecule has 0 saturated carbocycles. The molecule has 2 aromatic rings. The maximum absolute atomic E-state index is 12.5. The molecule has 6 nitrogen and oxygen atoms in total. The van der Waals surface area contributed by atoms with Crippen molar-refractivity contribution in [3.05, 3.63) is 53.6 Å². The summed E-state index contributed by atoms with van der Waals surface area (Å²) in [6.45, 7) is 8.14. The summed E-state index contributed by atoms with van der Waals surface area (Å²) in [6.07, 6.45) is 0. The van der Waals surface area contributed by atoms with Gasteiger partial charge in [-0.25, -0.2) is 8.42 Å². The van der Waals surface area contributed by atoms with Crippen LogP contribution in [-0.4, -0.2) is 38.3 Å². The molecule has 0 unspecified atom stereocenters. The first-order valence-electron chi connectivity index (χ1n) is 8.88. The molecule has 0 bridgehead atoms. The zero-order valence-corrected chi connectivity index (χ0v) is 17.0. The molecule has 0 aliphatic heterocycles. The number of carbonyl (C=O) groups is 1. The highest BCUT2D eigenvalue weighted by Gasteiger charge is 2.21. The molecule has 0 saturated heterocycles. The van der Waals surface area contributed by atoms with E-state index >= 15 is 0 Å². The number of nitrogens with zero attached hydrogens (tertiary/aromatic N) is 1. The summed E-state index contributed by atoms with van der Waals surface area (Å²) in [5, 5.41) is 2.82. The van der Waals surface area contributed by atoms with E-state index in [1.165, 1.54) is 16.4 Å². The largest absolute Gasteiger partial charge is 0.484 e. The Balaban J connectivity index is 1.99. The standard InChI is InChI=1S/C20H26N2O4S/c1-5-22(6-2)27(24,25)18-11-9-17(10-12-18)26-14-20(23)21-19-13-15(3)7-8-16(19)4/h7-13H,5-6,14H2,1-4H3,(H,21,23). The van der Waals surface area contributed by atoms with Gasteiger partial charge in [-0.05, 0) is 55.3 Å². The number of carbonyl (C=O) groups excluding carboxylic acids is 1. The SMILES string of the molecule is CCN(CC)S(=O)(=O)c1ccc(OCC(=O)Nc2cc(C)ccc2C)cc1. The summed E-state index contributed by atoms with van der Waals surface area (Å²) in [6, 6.07) is 11.9. The second-order valence-electron chi connectivity index (χ2n) is 6.22. The van der Waals surface area contributed by atoms with Gasteiger partial charge < -0.3 is 10.1 Å². The summed E-state index contributed by atoms with van der Waals surface area (Å²) in [5.41, 5.74) is 2.78. The first-order valence-corrected chi connectivity index (χ1v) is 10.3. The number of amides is 1. The molecular weight excluding hydrogens is 364 g/mol. The molecule has 0 radical (unpaired) electrons. The maximum atomic E-state index is 12.5. The molecule has 146 valence electrons. The van der Waals surface area contributed by atoms with E-state index in [9.17, 15) is 13.2 Å². The van der Waals surface area contributed by atoms with Gasteiger partial charge in [-0.3, -0.25) is 4.79 Å². The summed E-state index contributed by atoms with van der Waals surface area (Å²) in [7, 11) is -3.50. The number of ether oxygens (including phenoxy) is 1. The van der Waals surface area contributed by atoms with Gasteiger partial charge >= 0.3 is 0 Å². The molecule has 2 rings (SSSR count). The molecular formula is C20H26N2O4S.